The minimum atomic E-state index is -0.882. The molecule has 0 aliphatic carbocycles. The normalized spacial score (nSPS) is 19.6. The van der Waals surface area contributed by atoms with Gasteiger partial charge in [0.15, 0.2) is 0 Å². The number of fused-ring (bicyclic) bond motifs is 2. The Hall–Kier alpha value is -4.29. The number of amides is 3. The third kappa shape index (κ3) is 4.82. The topological polar surface area (TPSA) is 97.7 Å². The van der Waals surface area contributed by atoms with E-state index >= 15 is 0 Å². The first kappa shape index (κ1) is 26.9. The number of thiazole rings is 1. The Balaban J connectivity index is 1.40. The van der Waals surface area contributed by atoms with Crippen LogP contribution in [0.2, 0.25) is 0 Å². The van der Waals surface area contributed by atoms with Gasteiger partial charge >= 0.3 is 4.87 Å². The number of nitrogens with zero attached hydrogens (tertiary/aromatic N) is 2. The molecule has 3 atom stereocenters. The van der Waals surface area contributed by atoms with Crippen molar-refractivity contribution < 1.29 is 27.9 Å². The van der Waals surface area contributed by atoms with Crippen molar-refractivity contribution >= 4 is 52.2 Å². The van der Waals surface area contributed by atoms with Gasteiger partial charge in [0.2, 0.25) is 17.7 Å². The number of carbonyl (C=O) groups is 3. The molecule has 0 saturated carbocycles. The van der Waals surface area contributed by atoms with E-state index in [1.165, 1.54) is 60.2 Å². The van der Waals surface area contributed by atoms with Crippen molar-refractivity contribution in [2.45, 2.75) is 22.7 Å². The van der Waals surface area contributed by atoms with E-state index in [0.29, 0.717) is 26.9 Å². The van der Waals surface area contributed by atoms with Gasteiger partial charge in [0.1, 0.15) is 29.2 Å². The third-order valence-corrected chi connectivity index (χ3v) is 9.64. The molecule has 2 aliphatic rings. The minimum Gasteiger partial charge on any atom is -0.497 e. The summed E-state index contributed by atoms with van der Waals surface area (Å²) in [5, 5.41) is 2.20. The number of benzene rings is 3. The monoisotopic (exact) mass is 593 g/mol. The maximum atomic E-state index is 13.9. The predicted octanol–water partition coefficient (Wildman–Crippen LogP) is 4.63. The number of nitrogens with one attached hydrogen (secondary N) is 1. The van der Waals surface area contributed by atoms with Gasteiger partial charge in [0.25, 0.3) is 0 Å². The number of carbonyl (C=O) groups excluding carboxylic acids is 3. The summed E-state index contributed by atoms with van der Waals surface area (Å²) in [7, 11) is 1.53. The van der Waals surface area contributed by atoms with Crippen molar-refractivity contribution in [1.29, 1.82) is 0 Å². The van der Waals surface area contributed by atoms with E-state index in [-0.39, 0.29) is 12.2 Å². The molecule has 4 aromatic rings. The summed E-state index contributed by atoms with van der Waals surface area (Å²) in [5.74, 6) is -3.28. The van der Waals surface area contributed by atoms with Crippen LogP contribution in [-0.2, 0) is 20.9 Å². The second-order valence-corrected chi connectivity index (χ2v) is 11.6. The minimum absolute atomic E-state index is 0.254. The number of rotatable bonds is 6. The van der Waals surface area contributed by atoms with Gasteiger partial charge in [-0.05, 0) is 66.2 Å². The number of ether oxygens (including phenoxy) is 1. The highest BCUT2D eigenvalue weighted by atomic mass is 32.2. The summed E-state index contributed by atoms with van der Waals surface area (Å²) >= 11 is 2.00. The van der Waals surface area contributed by atoms with E-state index in [9.17, 15) is 28.0 Å². The van der Waals surface area contributed by atoms with Crippen LogP contribution in [0.25, 0.3) is 0 Å². The maximum absolute atomic E-state index is 13.9. The van der Waals surface area contributed by atoms with Crippen LogP contribution < -0.4 is 19.8 Å². The smallest absolute Gasteiger partial charge is 0.308 e. The molecule has 41 heavy (non-hydrogen) atoms. The highest BCUT2D eigenvalue weighted by Gasteiger charge is 2.56. The third-order valence-electron chi connectivity index (χ3n) is 7.04. The zero-order chi connectivity index (χ0) is 28.8. The molecule has 3 heterocycles. The van der Waals surface area contributed by atoms with Crippen molar-refractivity contribution in [2.24, 2.45) is 5.92 Å². The quantitative estimate of drug-likeness (QED) is 0.328. The summed E-state index contributed by atoms with van der Waals surface area (Å²) in [4.78, 5) is 54.9. The number of hydrogen-bond donors (Lipinski definition) is 1. The van der Waals surface area contributed by atoms with E-state index in [4.69, 9.17) is 4.74 Å². The van der Waals surface area contributed by atoms with Crippen LogP contribution in [0.1, 0.15) is 16.4 Å². The first-order valence-electron chi connectivity index (χ1n) is 12.5. The van der Waals surface area contributed by atoms with E-state index in [0.717, 1.165) is 28.0 Å². The molecule has 0 spiro atoms. The fourth-order valence-electron chi connectivity index (χ4n) is 5.15. The first-order chi connectivity index (χ1) is 19.7. The molecule has 3 amide bonds. The highest BCUT2D eigenvalue weighted by Crippen LogP contribution is 2.54. The standard InChI is InChI=1S/C29H21F2N3O5S2/c1-39-20-12-2-15(3-13-20)22-23-24(27(37)34(26(23)36)19-10-6-17(31)7-11-19)40-28-25(22)41-29(38)33(28)14-21(35)32-18-8-4-16(30)5-9-18/h2-13,22-24H,14H2,1H3,(H,32,35). The number of anilines is 2. The molecule has 1 fully saturated rings. The second kappa shape index (κ2) is 10.6. The molecule has 0 radical (unpaired) electrons. The van der Waals surface area contributed by atoms with Crippen LogP contribution in [0.4, 0.5) is 20.2 Å². The van der Waals surface area contributed by atoms with Gasteiger partial charge < -0.3 is 10.1 Å². The Labute approximate surface area is 240 Å². The van der Waals surface area contributed by atoms with Crippen molar-refractivity contribution in [3.8, 4) is 5.75 Å². The predicted molar refractivity (Wildman–Crippen MR) is 150 cm³/mol. The van der Waals surface area contributed by atoms with Crippen LogP contribution in [-0.4, -0.2) is 34.6 Å². The van der Waals surface area contributed by atoms with Gasteiger partial charge in [-0.1, -0.05) is 35.2 Å². The average Bonchev–Trinajstić information content (AvgIpc) is 3.41. The zero-order valence-electron chi connectivity index (χ0n) is 21.4. The van der Waals surface area contributed by atoms with Gasteiger partial charge in [-0.15, -0.1) is 0 Å². The fourth-order valence-corrected chi connectivity index (χ4v) is 7.92. The van der Waals surface area contributed by atoms with E-state index < -0.39 is 51.3 Å². The largest absolute Gasteiger partial charge is 0.497 e. The number of hydrogen-bond acceptors (Lipinski definition) is 7. The molecule has 1 aromatic heterocycles. The van der Waals surface area contributed by atoms with Crippen molar-refractivity contribution in [3.05, 3.63) is 105 Å². The van der Waals surface area contributed by atoms with Crippen LogP contribution in [0, 0.1) is 17.6 Å². The lowest BCUT2D eigenvalue weighted by molar-refractivity contribution is -0.122. The Kier molecular flexibility index (Phi) is 6.96. The molecule has 1 saturated heterocycles. The van der Waals surface area contributed by atoms with Crippen molar-refractivity contribution in [3.63, 3.8) is 0 Å². The fraction of sp³-hybridized carbons (Fsp3) is 0.172. The van der Waals surface area contributed by atoms with Crippen LogP contribution in [0.5, 0.6) is 5.75 Å². The SMILES string of the molecule is COc1ccc(C2c3sc(=O)n(CC(=O)Nc4ccc(F)cc4)c3SC3C(=O)N(c4ccc(F)cc4)C(=O)C32)cc1. The maximum Gasteiger partial charge on any atom is 0.308 e. The summed E-state index contributed by atoms with van der Waals surface area (Å²) in [5.41, 5.74) is 1.32. The zero-order valence-corrected chi connectivity index (χ0v) is 23.0. The Morgan fingerprint density at radius 1 is 0.902 bits per heavy atom. The van der Waals surface area contributed by atoms with E-state index in [1.807, 2.05) is 0 Å². The first-order valence-corrected chi connectivity index (χ1v) is 14.2. The highest BCUT2D eigenvalue weighted by molar-refractivity contribution is 8.00. The molecule has 0 bridgehead atoms. The summed E-state index contributed by atoms with van der Waals surface area (Å²) < 4.78 is 33.5. The van der Waals surface area contributed by atoms with E-state index in [1.54, 1.807) is 24.3 Å². The number of thioether (sulfide) groups is 1. The summed E-state index contributed by atoms with van der Waals surface area (Å²) in [6, 6.07) is 17.4. The molecule has 1 N–H and O–H groups in total. The van der Waals surface area contributed by atoms with Gasteiger partial charge in [0.05, 0.1) is 23.7 Å². The number of halogens is 2. The van der Waals surface area contributed by atoms with Gasteiger partial charge in [-0.3, -0.25) is 23.7 Å². The molecule has 12 heteroatoms. The molecule has 208 valence electrons. The molecule has 3 aromatic carbocycles. The average molecular weight is 594 g/mol. The lowest BCUT2D eigenvalue weighted by Gasteiger charge is -2.30. The second-order valence-electron chi connectivity index (χ2n) is 9.48. The number of aromatic nitrogens is 1. The lowest BCUT2D eigenvalue weighted by atomic mass is 9.83. The Morgan fingerprint density at radius 3 is 2.17 bits per heavy atom. The van der Waals surface area contributed by atoms with Crippen molar-refractivity contribution in [2.75, 3.05) is 17.3 Å². The van der Waals surface area contributed by atoms with E-state index in [2.05, 4.69) is 5.32 Å². The van der Waals surface area contributed by atoms with Crippen molar-refractivity contribution in [1.82, 2.24) is 4.57 Å². The molecular formula is C29H21F2N3O5S2. The summed E-state index contributed by atoms with van der Waals surface area (Å²) in [6.07, 6.45) is 0. The molecule has 8 nitrogen and oxygen atoms in total. The number of imide groups is 1. The lowest BCUT2D eigenvalue weighted by Crippen LogP contribution is -2.33. The van der Waals surface area contributed by atoms with Gasteiger partial charge in [-0.25, -0.2) is 13.7 Å². The number of methoxy groups -OCH3 is 1. The van der Waals surface area contributed by atoms with Crippen LogP contribution in [0.15, 0.2) is 82.6 Å². The van der Waals surface area contributed by atoms with Crippen LogP contribution >= 0.6 is 23.1 Å². The molecule has 3 unspecified atom stereocenters. The summed E-state index contributed by atoms with van der Waals surface area (Å²) in [6.45, 7) is -0.342. The van der Waals surface area contributed by atoms with Gasteiger partial charge in [-0.2, -0.15) is 0 Å². The Morgan fingerprint density at radius 2 is 1.54 bits per heavy atom. The molecule has 2 aliphatic heterocycles. The molecular weight excluding hydrogens is 572 g/mol. The van der Waals surface area contributed by atoms with Gasteiger partial charge in [0, 0.05) is 16.5 Å². The Bertz CT molecular complexity index is 1720. The van der Waals surface area contributed by atoms with Crippen LogP contribution in [0.3, 0.4) is 0 Å². The molecule has 6 rings (SSSR count).